The number of nitrogens with one attached hydrogen (secondary N) is 1. The Kier molecular flexibility index (Phi) is 3.06. The van der Waals surface area contributed by atoms with Crippen molar-refractivity contribution >= 4 is 5.97 Å². The fourth-order valence-electron chi connectivity index (χ4n) is 1.92. The number of H-pyrrole nitrogens is 1. The van der Waals surface area contributed by atoms with Gasteiger partial charge in [-0.25, -0.2) is 4.68 Å². The van der Waals surface area contributed by atoms with Crippen LogP contribution in [0.4, 0.5) is 0 Å². The number of aryl methyl sites for hydroxylation is 2. The number of benzene rings is 1. The molecule has 0 radical (unpaired) electrons. The Morgan fingerprint density at radius 1 is 1.33 bits per heavy atom. The number of nitrogens with zero attached hydrogens (tertiary/aromatic N) is 1. The number of aromatic nitrogens is 2. The fraction of sp³-hybridized carbons (Fsp3) is 0.231. The highest BCUT2D eigenvalue weighted by Gasteiger charge is 2.15. The molecule has 18 heavy (non-hydrogen) atoms. The van der Waals surface area contributed by atoms with Crippen molar-refractivity contribution in [1.82, 2.24) is 9.78 Å². The number of para-hydroxylation sites is 1. The number of hydrogen-bond donors (Lipinski definition) is 2. The first-order valence-corrected chi connectivity index (χ1v) is 5.59. The zero-order valence-corrected chi connectivity index (χ0v) is 10.2. The van der Waals surface area contributed by atoms with Gasteiger partial charge in [-0.2, -0.15) is 0 Å². The van der Waals surface area contributed by atoms with E-state index in [0.29, 0.717) is 11.3 Å². The standard InChI is InChI=1S/C13H14N2O3/c1-8-5-3-4-6-11(8)15-13(18)10(7-12(16)17)9(2)14-15/h3-6,14H,7H2,1-2H3,(H,16,17). The van der Waals surface area contributed by atoms with Crippen LogP contribution in [-0.4, -0.2) is 20.9 Å². The molecule has 0 fully saturated rings. The average Bonchev–Trinajstić information content (AvgIpc) is 2.57. The molecule has 5 heteroatoms. The summed E-state index contributed by atoms with van der Waals surface area (Å²) < 4.78 is 1.39. The highest BCUT2D eigenvalue weighted by atomic mass is 16.4. The van der Waals surface area contributed by atoms with Gasteiger partial charge < -0.3 is 5.11 Å². The van der Waals surface area contributed by atoms with E-state index in [9.17, 15) is 9.59 Å². The van der Waals surface area contributed by atoms with Gasteiger partial charge in [0, 0.05) is 5.69 Å². The molecule has 5 nitrogen and oxygen atoms in total. The molecule has 0 bridgehead atoms. The number of aromatic amines is 1. The third kappa shape index (κ3) is 2.07. The average molecular weight is 246 g/mol. The monoisotopic (exact) mass is 246 g/mol. The number of aliphatic carboxylic acids is 1. The second-order valence-corrected chi connectivity index (χ2v) is 4.21. The highest BCUT2D eigenvalue weighted by molar-refractivity contribution is 5.70. The molecule has 0 saturated heterocycles. The molecule has 1 heterocycles. The van der Waals surface area contributed by atoms with Crippen molar-refractivity contribution in [2.24, 2.45) is 0 Å². The maximum atomic E-state index is 12.1. The third-order valence-electron chi connectivity index (χ3n) is 2.88. The molecule has 0 amide bonds. The van der Waals surface area contributed by atoms with E-state index in [1.807, 2.05) is 31.2 Å². The second kappa shape index (κ2) is 4.52. The van der Waals surface area contributed by atoms with Crippen molar-refractivity contribution in [1.29, 1.82) is 0 Å². The van der Waals surface area contributed by atoms with E-state index in [0.717, 1.165) is 11.3 Å². The van der Waals surface area contributed by atoms with E-state index in [-0.39, 0.29) is 12.0 Å². The number of carboxylic acid groups (broad SMARTS) is 1. The molecule has 2 rings (SSSR count). The Balaban J connectivity index is 2.58. The molecule has 94 valence electrons. The zero-order chi connectivity index (χ0) is 13.3. The minimum atomic E-state index is -1.01. The number of carboxylic acids is 1. The van der Waals surface area contributed by atoms with Crippen molar-refractivity contribution in [2.75, 3.05) is 0 Å². The molecular weight excluding hydrogens is 232 g/mol. The maximum absolute atomic E-state index is 12.1. The summed E-state index contributed by atoms with van der Waals surface area (Å²) in [5.41, 5.74) is 2.27. The molecule has 0 unspecified atom stereocenters. The lowest BCUT2D eigenvalue weighted by molar-refractivity contribution is -0.136. The fourth-order valence-corrected chi connectivity index (χ4v) is 1.92. The van der Waals surface area contributed by atoms with Gasteiger partial charge in [-0.05, 0) is 25.5 Å². The van der Waals surface area contributed by atoms with Gasteiger partial charge in [0.2, 0.25) is 0 Å². The number of carbonyl (C=O) groups is 1. The lowest BCUT2D eigenvalue weighted by atomic mass is 10.2. The summed E-state index contributed by atoms with van der Waals surface area (Å²) in [6.07, 6.45) is -0.264. The Labute approximate surface area is 104 Å². The molecule has 0 aliphatic rings. The summed E-state index contributed by atoms with van der Waals surface area (Å²) in [6, 6.07) is 7.44. The molecule has 2 aromatic rings. The quantitative estimate of drug-likeness (QED) is 0.859. The highest BCUT2D eigenvalue weighted by Crippen LogP contribution is 2.12. The predicted molar refractivity (Wildman–Crippen MR) is 67.2 cm³/mol. The largest absolute Gasteiger partial charge is 0.481 e. The molecule has 0 spiro atoms. The summed E-state index contributed by atoms with van der Waals surface area (Å²) in [6.45, 7) is 3.60. The van der Waals surface area contributed by atoms with E-state index in [1.54, 1.807) is 6.92 Å². The lowest BCUT2D eigenvalue weighted by Gasteiger charge is -2.04. The Morgan fingerprint density at radius 3 is 2.61 bits per heavy atom. The van der Waals surface area contributed by atoms with E-state index in [1.165, 1.54) is 4.68 Å². The van der Waals surface area contributed by atoms with E-state index in [4.69, 9.17) is 5.11 Å². The topological polar surface area (TPSA) is 75.1 Å². The first-order chi connectivity index (χ1) is 8.50. The minimum Gasteiger partial charge on any atom is -0.481 e. The van der Waals surface area contributed by atoms with Crippen molar-refractivity contribution in [2.45, 2.75) is 20.3 Å². The summed E-state index contributed by atoms with van der Waals surface area (Å²) in [4.78, 5) is 22.9. The molecule has 1 aromatic carbocycles. The van der Waals surface area contributed by atoms with Gasteiger partial charge in [0.05, 0.1) is 17.7 Å². The van der Waals surface area contributed by atoms with Crippen LogP contribution in [0.15, 0.2) is 29.1 Å². The van der Waals surface area contributed by atoms with Gasteiger partial charge in [-0.3, -0.25) is 14.7 Å². The summed E-state index contributed by atoms with van der Waals surface area (Å²) in [5.74, 6) is -1.01. The summed E-state index contributed by atoms with van der Waals surface area (Å²) >= 11 is 0. The summed E-state index contributed by atoms with van der Waals surface area (Å²) in [7, 11) is 0. The van der Waals surface area contributed by atoms with E-state index < -0.39 is 5.97 Å². The smallest absolute Gasteiger partial charge is 0.308 e. The van der Waals surface area contributed by atoms with Gasteiger partial charge in [-0.1, -0.05) is 18.2 Å². The second-order valence-electron chi connectivity index (χ2n) is 4.21. The van der Waals surface area contributed by atoms with Gasteiger partial charge in [0.15, 0.2) is 0 Å². The molecule has 0 atom stereocenters. The lowest BCUT2D eigenvalue weighted by Crippen LogP contribution is -2.19. The number of rotatable bonds is 3. The van der Waals surface area contributed by atoms with Gasteiger partial charge in [0.25, 0.3) is 5.56 Å². The van der Waals surface area contributed by atoms with Gasteiger partial charge in [0.1, 0.15) is 0 Å². The molecule has 0 aliphatic carbocycles. The van der Waals surface area contributed by atoms with E-state index in [2.05, 4.69) is 5.10 Å². The zero-order valence-electron chi connectivity index (χ0n) is 10.2. The Hall–Kier alpha value is -2.30. The van der Waals surface area contributed by atoms with Gasteiger partial charge >= 0.3 is 5.97 Å². The SMILES string of the molecule is Cc1ccccc1-n1[nH]c(C)c(CC(=O)O)c1=O. The van der Waals surface area contributed by atoms with Gasteiger partial charge in [-0.15, -0.1) is 0 Å². The van der Waals surface area contributed by atoms with Crippen LogP contribution in [0.25, 0.3) is 5.69 Å². The third-order valence-corrected chi connectivity index (χ3v) is 2.88. The summed E-state index contributed by atoms with van der Waals surface area (Å²) in [5, 5.41) is 11.7. The molecular formula is C13H14N2O3. The predicted octanol–water partition coefficient (Wildman–Crippen LogP) is 1.41. The molecule has 2 N–H and O–H groups in total. The molecule has 1 aromatic heterocycles. The van der Waals surface area contributed by atoms with Crippen molar-refractivity contribution in [3.05, 3.63) is 51.4 Å². The van der Waals surface area contributed by atoms with Crippen LogP contribution in [0, 0.1) is 13.8 Å². The maximum Gasteiger partial charge on any atom is 0.308 e. The van der Waals surface area contributed by atoms with Crippen LogP contribution in [0.2, 0.25) is 0 Å². The Morgan fingerprint density at radius 2 is 2.00 bits per heavy atom. The van der Waals surface area contributed by atoms with Crippen LogP contribution in [-0.2, 0) is 11.2 Å². The van der Waals surface area contributed by atoms with E-state index >= 15 is 0 Å². The van der Waals surface area contributed by atoms with Crippen molar-refractivity contribution in [3.63, 3.8) is 0 Å². The van der Waals surface area contributed by atoms with Crippen molar-refractivity contribution in [3.8, 4) is 5.69 Å². The minimum absolute atomic E-state index is 0.264. The molecule has 0 saturated carbocycles. The Bertz CT molecular complexity index is 652. The normalized spacial score (nSPS) is 10.6. The van der Waals surface area contributed by atoms with Crippen LogP contribution in [0.1, 0.15) is 16.8 Å². The van der Waals surface area contributed by atoms with Crippen LogP contribution >= 0.6 is 0 Å². The number of hydrogen-bond acceptors (Lipinski definition) is 2. The molecule has 0 aliphatic heterocycles. The van der Waals surface area contributed by atoms with Crippen LogP contribution in [0.5, 0.6) is 0 Å². The van der Waals surface area contributed by atoms with Crippen molar-refractivity contribution < 1.29 is 9.90 Å². The van der Waals surface area contributed by atoms with Crippen LogP contribution < -0.4 is 5.56 Å². The first-order valence-electron chi connectivity index (χ1n) is 5.59. The van der Waals surface area contributed by atoms with Crippen LogP contribution in [0.3, 0.4) is 0 Å². The first kappa shape index (κ1) is 12.2.